The summed E-state index contributed by atoms with van der Waals surface area (Å²) in [6.45, 7) is 5.21. The number of ether oxygens (including phenoxy) is 4. The average Bonchev–Trinajstić information content (AvgIpc) is 3.03. The molecule has 0 aromatic carbocycles. The van der Waals surface area contributed by atoms with Gasteiger partial charge in [0.2, 0.25) is 5.79 Å². The van der Waals surface area contributed by atoms with E-state index in [1.54, 1.807) is 7.11 Å². The number of likely N-dealkylation sites (tertiary alicyclic amines) is 1. The number of aliphatic hydroxyl groups is 1. The van der Waals surface area contributed by atoms with E-state index in [2.05, 4.69) is 37.9 Å². The maximum Gasteiger partial charge on any atom is 0.207 e. The van der Waals surface area contributed by atoms with Gasteiger partial charge >= 0.3 is 0 Å². The molecule has 6 heteroatoms. The fraction of sp³-hybridized carbons (Fsp3) is 0.826. The van der Waals surface area contributed by atoms with E-state index in [1.807, 2.05) is 0 Å². The van der Waals surface area contributed by atoms with E-state index < -0.39 is 16.8 Å². The summed E-state index contributed by atoms with van der Waals surface area (Å²) >= 11 is 0. The largest absolute Gasteiger partial charge is 0.493 e. The fourth-order valence-electron chi connectivity index (χ4n) is 7.99. The number of fused-ring (bicyclic) bond motifs is 1. The number of hydrogen-bond acceptors (Lipinski definition) is 6. The Morgan fingerprint density at radius 3 is 2.62 bits per heavy atom. The molecule has 6 nitrogen and oxygen atoms in total. The lowest BCUT2D eigenvalue weighted by Gasteiger charge is -2.68. The second-order valence-corrected chi connectivity index (χ2v) is 10.3. The summed E-state index contributed by atoms with van der Waals surface area (Å²) < 4.78 is 25.7. The number of allylic oxidation sites excluding steroid dienone is 3. The van der Waals surface area contributed by atoms with Crippen molar-refractivity contribution in [1.82, 2.24) is 4.90 Å². The third-order valence-corrected chi connectivity index (χ3v) is 8.92. The van der Waals surface area contributed by atoms with Crippen molar-refractivity contribution in [3.8, 4) is 0 Å². The molecule has 3 aliphatic carbocycles. The van der Waals surface area contributed by atoms with Crippen molar-refractivity contribution in [3.63, 3.8) is 0 Å². The average molecular weight is 404 g/mol. The highest BCUT2D eigenvalue weighted by Gasteiger charge is 2.80. The SMILES string of the molecule is COC1=C2O[C@H]3[C@]4(CCC5(O)[C@H]6CC(C=C1)C2[C@@]35CCN6C)O[C@H](C)C[C@H](C)O4. The molecule has 3 heterocycles. The molecule has 160 valence electrons. The van der Waals surface area contributed by atoms with Gasteiger partial charge in [0.15, 0.2) is 11.9 Å². The van der Waals surface area contributed by atoms with Crippen LogP contribution in [0.2, 0.25) is 0 Å². The number of methoxy groups -OCH3 is 1. The zero-order valence-corrected chi connectivity index (χ0v) is 17.9. The first-order valence-corrected chi connectivity index (χ1v) is 11.3. The van der Waals surface area contributed by atoms with Gasteiger partial charge in [0.1, 0.15) is 5.76 Å². The quantitative estimate of drug-likeness (QED) is 0.726. The molecule has 0 aromatic heterocycles. The second-order valence-electron chi connectivity index (χ2n) is 10.3. The van der Waals surface area contributed by atoms with Gasteiger partial charge in [0, 0.05) is 18.4 Å². The molecule has 3 aliphatic heterocycles. The number of rotatable bonds is 1. The molecule has 0 aromatic rings. The lowest BCUT2D eigenvalue weighted by atomic mass is 9.43. The highest BCUT2D eigenvalue weighted by molar-refractivity contribution is 5.39. The number of hydrogen-bond donors (Lipinski definition) is 1. The van der Waals surface area contributed by atoms with Crippen LogP contribution in [0.15, 0.2) is 23.7 Å². The van der Waals surface area contributed by atoms with Crippen LogP contribution in [0.25, 0.3) is 0 Å². The maximum atomic E-state index is 12.4. The number of piperidine rings is 1. The second kappa shape index (κ2) is 5.78. The van der Waals surface area contributed by atoms with Crippen molar-refractivity contribution in [2.45, 2.75) is 81.7 Å². The lowest BCUT2D eigenvalue weighted by Crippen LogP contribution is -2.79. The van der Waals surface area contributed by atoms with Gasteiger partial charge in [-0.1, -0.05) is 6.08 Å². The van der Waals surface area contributed by atoms with Crippen molar-refractivity contribution in [3.05, 3.63) is 23.7 Å². The molecule has 3 saturated heterocycles. The molecule has 1 N–H and O–H groups in total. The van der Waals surface area contributed by atoms with Gasteiger partial charge in [0.25, 0.3) is 0 Å². The summed E-state index contributed by atoms with van der Waals surface area (Å²) in [6, 6.07) is 0.132. The Morgan fingerprint density at radius 2 is 1.90 bits per heavy atom. The van der Waals surface area contributed by atoms with E-state index in [0.717, 1.165) is 37.3 Å². The minimum Gasteiger partial charge on any atom is -0.493 e. The normalized spacial score (nSPS) is 55.6. The van der Waals surface area contributed by atoms with Gasteiger partial charge in [-0.05, 0) is 65.1 Å². The first-order chi connectivity index (χ1) is 13.8. The van der Waals surface area contributed by atoms with E-state index in [-0.39, 0.29) is 30.3 Å². The Bertz CT molecular complexity index is 784. The third-order valence-electron chi connectivity index (χ3n) is 8.92. The van der Waals surface area contributed by atoms with E-state index in [4.69, 9.17) is 18.9 Å². The molecule has 2 spiro atoms. The lowest BCUT2D eigenvalue weighted by molar-refractivity contribution is -0.397. The van der Waals surface area contributed by atoms with Gasteiger partial charge in [-0.15, -0.1) is 0 Å². The molecule has 0 radical (unpaired) electrons. The monoisotopic (exact) mass is 403 g/mol. The molecule has 5 fully saturated rings. The van der Waals surface area contributed by atoms with Crippen molar-refractivity contribution in [1.29, 1.82) is 0 Å². The predicted octanol–water partition coefficient (Wildman–Crippen LogP) is 2.57. The van der Waals surface area contributed by atoms with Gasteiger partial charge in [0.05, 0.1) is 30.3 Å². The standard InChI is InChI=1S/C23H33NO5/c1-13-11-14(2)29-23(28-13)8-7-22(25)17-12-15-5-6-16(26-4)19-18(15)21(22,20(23)27-19)9-10-24(17)3/h5-6,13-15,17-18,20,25H,7-12H2,1-4H3/t13-,14+,15?,17-,18?,20-,21+,22?,23-/m1/s1. The van der Waals surface area contributed by atoms with Crippen LogP contribution in [0, 0.1) is 17.3 Å². The molecule has 3 unspecified atom stereocenters. The smallest absolute Gasteiger partial charge is 0.207 e. The van der Waals surface area contributed by atoms with E-state index in [0.29, 0.717) is 18.8 Å². The highest BCUT2D eigenvalue weighted by atomic mass is 16.7. The Hall–Kier alpha value is -1.08. The number of nitrogens with zero attached hydrogens (tertiary/aromatic N) is 1. The predicted molar refractivity (Wildman–Crippen MR) is 106 cm³/mol. The molecule has 6 aliphatic rings. The van der Waals surface area contributed by atoms with Crippen LogP contribution in [0.1, 0.15) is 46.0 Å². The molecule has 2 saturated carbocycles. The van der Waals surface area contributed by atoms with Crippen molar-refractivity contribution < 1.29 is 24.1 Å². The molecule has 0 amide bonds. The minimum absolute atomic E-state index is 0.114. The first kappa shape index (κ1) is 18.7. The van der Waals surface area contributed by atoms with E-state index >= 15 is 0 Å². The van der Waals surface area contributed by atoms with Gasteiger partial charge < -0.3 is 29.0 Å². The summed E-state index contributed by atoms with van der Waals surface area (Å²) in [6.07, 6.45) is 8.32. The Labute approximate surface area is 172 Å². The summed E-state index contributed by atoms with van der Waals surface area (Å²) in [4.78, 5) is 2.37. The molecular formula is C23H33NO5. The summed E-state index contributed by atoms with van der Waals surface area (Å²) in [5, 5.41) is 12.4. The Morgan fingerprint density at radius 1 is 1.14 bits per heavy atom. The Balaban J connectivity index is 1.56. The fourth-order valence-corrected chi connectivity index (χ4v) is 7.99. The van der Waals surface area contributed by atoms with Crippen LogP contribution in [0.5, 0.6) is 0 Å². The van der Waals surface area contributed by atoms with E-state index in [9.17, 15) is 5.11 Å². The molecule has 29 heavy (non-hydrogen) atoms. The van der Waals surface area contributed by atoms with Crippen LogP contribution in [0.3, 0.4) is 0 Å². The maximum absolute atomic E-state index is 12.4. The first-order valence-electron chi connectivity index (χ1n) is 11.3. The summed E-state index contributed by atoms with van der Waals surface area (Å²) in [7, 11) is 3.86. The van der Waals surface area contributed by atoms with Crippen LogP contribution in [0.4, 0.5) is 0 Å². The van der Waals surface area contributed by atoms with Crippen molar-refractivity contribution in [2.24, 2.45) is 17.3 Å². The Kier molecular flexibility index (Phi) is 3.72. The zero-order valence-electron chi connectivity index (χ0n) is 17.9. The molecule has 6 rings (SSSR count). The topological polar surface area (TPSA) is 60.4 Å². The van der Waals surface area contributed by atoms with Crippen LogP contribution < -0.4 is 0 Å². The minimum atomic E-state index is -0.806. The summed E-state index contributed by atoms with van der Waals surface area (Å²) in [5.74, 6) is 1.37. The van der Waals surface area contributed by atoms with Crippen LogP contribution >= 0.6 is 0 Å². The zero-order chi connectivity index (χ0) is 20.2. The third kappa shape index (κ3) is 2.07. The van der Waals surface area contributed by atoms with Gasteiger partial charge in [-0.2, -0.15) is 0 Å². The van der Waals surface area contributed by atoms with Gasteiger partial charge in [-0.3, -0.25) is 0 Å². The number of likely N-dealkylation sites (N-methyl/N-ethyl adjacent to an activating group) is 1. The van der Waals surface area contributed by atoms with Crippen molar-refractivity contribution >= 4 is 0 Å². The molecule has 2 bridgehead atoms. The van der Waals surface area contributed by atoms with Gasteiger partial charge in [-0.25, -0.2) is 0 Å². The summed E-state index contributed by atoms with van der Waals surface area (Å²) in [5.41, 5.74) is -1.22. The molecule has 9 atom stereocenters. The van der Waals surface area contributed by atoms with E-state index in [1.165, 1.54) is 0 Å². The highest BCUT2D eigenvalue weighted by Crippen LogP contribution is 2.72. The van der Waals surface area contributed by atoms with Crippen molar-refractivity contribution in [2.75, 3.05) is 20.7 Å². The van der Waals surface area contributed by atoms with Crippen LogP contribution in [-0.2, 0) is 18.9 Å². The van der Waals surface area contributed by atoms with Crippen LogP contribution in [-0.4, -0.2) is 66.5 Å². The molecular weight excluding hydrogens is 370 g/mol.